The van der Waals surface area contributed by atoms with Crippen LogP contribution < -0.4 is 4.74 Å². The van der Waals surface area contributed by atoms with E-state index < -0.39 is 22.6 Å². The monoisotopic (exact) mass is 406 g/mol. The normalized spacial score (nSPS) is 24.7. The van der Waals surface area contributed by atoms with Crippen molar-refractivity contribution in [3.63, 3.8) is 0 Å². The number of piperidine rings is 1. The summed E-state index contributed by atoms with van der Waals surface area (Å²) in [6.07, 6.45) is 2.00. The topological polar surface area (TPSA) is 59.5 Å². The Hall–Kier alpha value is -1.35. The molecule has 0 spiro atoms. The summed E-state index contributed by atoms with van der Waals surface area (Å²) in [4.78, 5) is 5.67. The molecule has 2 fully saturated rings. The third kappa shape index (κ3) is 6.07. The summed E-state index contributed by atoms with van der Waals surface area (Å²) in [7, 11) is -3.26. The van der Waals surface area contributed by atoms with Crippen LogP contribution in [-0.2, 0) is 9.84 Å². The minimum atomic E-state index is -4.11. The highest BCUT2D eigenvalue weighted by Gasteiger charge is 2.43. The second-order valence-electron chi connectivity index (χ2n) is 7.63. The Morgan fingerprint density at radius 3 is 2.52 bits per heavy atom. The van der Waals surface area contributed by atoms with Crippen LogP contribution in [0.25, 0.3) is 0 Å². The van der Waals surface area contributed by atoms with Gasteiger partial charge < -0.3 is 4.74 Å². The molecule has 1 saturated heterocycles. The quantitative estimate of drug-likeness (QED) is 0.696. The van der Waals surface area contributed by atoms with Crippen molar-refractivity contribution in [2.75, 3.05) is 32.5 Å². The molecule has 9 heteroatoms. The van der Waals surface area contributed by atoms with Crippen LogP contribution in [0.2, 0.25) is 0 Å². The van der Waals surface area contributed by atoms with E-state index in [0.29, 0.717) is 43.3 Å². The van der Waals surface area contributed by atoms with E-state index in [-0.39, 0.29) is 4.90 Å². The van der Waals surface area contributed by atoms with Crippen LogP contribution in [0.3, 0.4) is 0 Å². The summed E-state index contributed by atoms with van der Waals surface area (Å²) in [5.41, 5.74) is 0. The van der Waals surface area contributed by atoms with Gasteiger partial charge in [-0.3, -0.25) is 4.90 Å². The SMILES string of the molecule is CS(=O)(=O)c1ccc(OCCC2CC2C2CCN(CC(F)(F)F)CC2)nc1. The Morgan fingerprint density at radius 2 is 1.96 bits per heavy atom. The molecule has 2 aliphatic rings. The third-order valence-corrected chi connectivity index (χ3v) is 6.59. The lowest BCUT2D eigenvalue weighted by Gasteiger charge is -2.32. The zero-order valence-electron chi connectivity index (χ0n) is 15.3. The summed E-state index contributed by atoms with van der Waals surface area (Å²) in [5, 5.41) is 0. The Kier molecular flexibility index (Phi) is 6.00. The summed E-state index contributed by atoms with van der Waals surface area (Å²) >= 11 is 0. The van der Waals surface area contributed by atoms with Crippen molar-refractivity contribution in [2.24, 2.45) is 17.8 Å². The van der Waals surface area contributed by atoms with Crippen LogP contribution in [0.1, 0.15) is 25.7 Å². The van der Waals surface area contributed by atoms with Gasteiger partial charge in [-0.15, -0.1) is 0 Å². The Bertz CT molecular complexity index is 729. The molecule has 2 heterocycles. The largest absolute Gasteiger partial charge is 0.478 e. The van der Waals surface area contributed by atoms with Crippen LogP contribution in [0.15, 0.2) is 23.2 Å². The van der Waals surface area contributed by atoms with Gasteiger partial charge in [-0.1, -0.05) is 0 Å². The van der Waals surface area contributed by atoms with Crippen molar-refractivity contribution in [2.45, 2.75) is 36.8 Å². The van der Waals surface area contributed by atoms with Crippen molar-refractivity contribution < 1.29 is 26.3 Å². The molecule has 0 radical (unpaired) electrons. The van der Waals surface area contributed by atoms with E-state index >= 15 is 0 Å². The van der Waals surface area contributed by atoms with Crippen LogP contribution in [0.4, 0.5) is 13.2 Å². The van der Waals surface area contributed by atoms with Gasteiger partial charge in [-0.2, -0.15) is 13.2 Å². The highest BCUT2D eigenvalue weighted by atomic mass is 32.2. The highest BCUT2D eigenvalue weighted by molar-refractivity contribution is 7.90. The second-order valence-corrected chi connectivity index (χ2v) is 9.65. The number of ether oxygens (including phenoxy) is 1. The molecule has 0 N–H and O–H groups in total. The number of pyridine rings is 1. The van der Waals surface area contributed by atoms with Crippen LogP contribution in [-0.4, -0.2) is 57.0 Å². The van der Waals surface area contributed by atoms with Crippen molar-refractivity contribution in [1.82, 2.24) is 9.88 Å². The molecular weight excluding hydrogens is 381 g/mol. The van der Waals surface area contributed by atoms with Gasteiger partial charge in [0.15, 0.2) is 9.84 Å². The molecule has 2 atom stereocenters. The number of hydrogen-bond acceptors (Lipinski definition) is 5. The van der Waals surface area contributed by atoms with Crippen LogP contribution in [0, 0.1) is 17.8 Å². The number of hydrogen-bond donors (Lipinski definition) is 0. The second kappa shape index (κ2) is 7.95. The Balaban J connectivity index is 1.35. The third-order valence-electron chi connectivity index (χ3n) is 5.49. The zero-order chi connectivity index (χ0) is 19.7. The molecule has 1 saturated carbocycles. The minimum absolute atomic E-state index is 0.161. The van der Waals surface area contributed by atoms with Gasteiger partial charge >= 0.3 is 6.18 Å². The first-order chi connectivity index (χ1) is 12.6. The maximum absolute atomic E-state index is 12.4. The van der Waals surface area contributed by atoms with E-state index in [1.165, 1.54) is 17.2 Å². The first-order valence-corrected chi connectivity index (χ1v) is 11.1. The molecule has 0 aromatic carbocycles. The molecule has 5 nitrogen and oxygen atoms in total. The molecule has 1 aliphatic heterocycles. The van der Waals surface area contributed by atoms with Gasteiger partial charge in [0, 0.05) is 18.5 Å². The number of halogens is 3. The summed E-state index contributed by atoms with van der Waals surface area (Å²) < 4.78 is 65.7. The zero-order valence-corrected chi connectivity index (χ0v) is 16.1. The number of rotatable bonds is 7. The maximum atomic E-state index is 12.4. The number of likely N-dealkylation sites (tertiary alicyclic amines) is 1. The van der Waals surface area contributed by atoms with E-state index in [1.807, 2.05) is 0 Å². The first-order valence-electron chi connectivity index (χ1n) is 9.20. The van der Waals surface area contributed by atoms with Crippen LogP contribution >= 0.6 is 0 Å². The maximum Gasteiger partial charge on any atom is 0.401 e. The molecule has 152 valence electrons. The van der Waals surface area contributed by atoms with E-state index in [0.717, 1.165) is 31.9 Å². The number of nitrogens with zero attached hydrogens (tertiary/aromatic N) is 2. The fourth-order valence-corrected chi connectivity index (χ4v) is 4.52. The molecule has 1 aliphatic carbocycles. The standard InChI is InChI=1S/C18H25F3N2O3S/c1-27(24,25)15-2-3-17(22-11-15)26-9-6-14-10-16(14)13-4-7-23(8-5-13)12-18(19,20)21/h2-3,11,13-14,16H,4-10,12H2,1H3. The van der Waals surface area contributed by atoms with Gasteiger partial charge in [-0.25, -0.2) is 13.4 Å². The van der Waals surface area contributed by atoms with E-state index in [4.69, 9.17) is 4.74 Å². The molecule has 2 unspecified atom stereocenters. The number of aromatic nitrogens is 1. The van der Waals surface area contributed by atoms with Crippen molar-refractivity contribution in [1.29, 1.82) is 0 Å². The van der Waals surface area contributed by atoms with Crippen molar-refractivity contribution in [3.8, 4) is 5.88 Å². The van der Waals surface area contributed by atoms with Gasteiger partial charge in [0.05, 0.1) is 18.0 Å². The lowest BCUT2D eigenvalue weighted by molar-refractivity contribution is -0.148. The summed E-state index contributed by atoms with van der Waals surface area (Å²) in [6, 6.07) is 3.03. The van der Waals surface area contributed by atoms with Gasteiger partial charge in [0.2, 0.25) is 5.88 Å². The van der Waals surface area contributed by atoms with Crippen molar-refractivity contribution >= 4 is 9.84 Å². The predicted octanol–water partition coefficient (Wildman–Crippen LogP) is 3.16. The Labute approximate surface area is 157 Å². The molecule has 1 aromatic heterocycles. The van der Waals surface area contributed by atoms with E-state index in [2.05, 4.69) is 4.98 Å². The lowest BCUT2D eigenvalue weighted by Crippen LogP contribution is -2.40. The fourth-order valence-electron chi connectivity index (χ4n) is 3.96. The average molecular weight is 406 g/mol. The smallest absolute Gasteiger partial charge is 0.401 e. The van der Waals surface area contributed by atoms with Gasteiger partial charge in [0.1, 0.15) is 0 Å². The van der Waals surface area contributed by atoms with E-state index in [1.54, 1.807) is 6.07 Å². The number of alkyl halides is 3. The average Bonchev–Trinajstić information content (AvgIpc) is 3.33. The Morgan fingerprint density at radius 1 is 1.26 bits per heavy atom. The minimum Gasteiger partial charge on any atom is -0.478 e. The van der Waals surface area contributed by atoms with E-state index in [9.17, 15) is 21.6 Å². The molecule has 3 rings (SSSR count). The first kappa shape index (κ1) is 20.4. The fraction of sp³-hybridized carbons (Fsp3) is 0.722. The molecule has 0 bridgehead atoms. The predicted molar refractivity (Wildman–Crippen MR) is 94.3 cm³/mol. The van der Waals surface area contributed by atoms with Gasteiger partial charge in [-0.05, 0) is 62.6 Å². The van der Waals surface area contributed by atoms with Gasteiger partial charge in [0.25, 0.3) is 0 Å². The number of sulfone groups is 1. The lowest BCUT2D eigenvalue weighted by atomic mass is 9.90. The molecular formula is C18H25F3N2O3S. The van der Waals surface area contributed by atoms with Crippen LogP contribution in [0.5, 0.6) is 5.88 Å². The van der Waals surface area contributed by atoms with Crippen molar-refractivity contribution in [3.05, 3.63) is 18.3 Å². The molecule has 1 aromatic rings. The summed E-state index contributed by atoms with van der Waals surface area (Å²) in [6.45, 7) is 0.771. The molecule has 27 heavy (non-hydrogen) atoms. The summed E-state index contributed by atoms with van der Waals surface area (Å²) in [5.74, 6) is 2.09. The molecule has 0 amide bonds. The highest BCUT2D eigenvalue weighted by Crippen LogP contribution is 2.49.